The number of hydrogen-bond donors (Lipinski definition) is 4. The first-order chi connectivity index (χ1) is 16.3. The average molecular weight is 487 g/mol. The van der Waals surface area contributed by atoms with Crippen molar-refractivity contribution >= 4 is 38.6 Å². The van der Waals surface area contributed by atoms with Crippen LogP contribution in [0.25, 0.3) is 11.2 Å². The molecule has 0 bridgehead atoms. The molecule has 0 radical (unpaired) electrons. The van der Waals surface area contributed by atoms with E-state index in [1.54, 1.807) is 6.33 Å². The molecule has 1 aromatic carbocycles. The molecule has 10 nitrogen and oxygen atoms in total. The molecule has 11 heteroatoms. The number of anilines is 3. The van der Waals surface area contributed by atoms with Crippen molar-refractivity contribution in [3.63, 3.8) is 0 Å². The SMILES string of the molecule is CCn1cnc2c(Nc3ccc(CCCCS(N)(=O)=O)cc3)nc(N[C@H]3CC[C@H](N)CC3)nc21. The Labute approximate surface area is 200 Å². The standard InChI is InChI=1S/C23H34N8O2S/c1-2-31-15-26-20-21(29-23(30-22(20)31)28-19-12-8-17(24)9-13-19)27-18-10-6-16(7-11-18)5-3-4-14-34(25,32)33/h6-7,10-11,15,17,19H,2-5,8-9,12-14,24H2,1H3,(H2,25,32,33)(H2,27,28,29,30)/t17-,19-. The number of fused-ring (bicyclic) bond motifs is 1. The van der Waals surface area contributed by atoms with E-state index in [2.05, 4.69) is 22.5 Å². The van der Waals surface area contributed by atoms with Crippen molar-refractivity contribution in [1.29, 1.82) is 0 Å². The van der Waals surface area contributed by atoms with Gasteiger partial charge in [0.15, 0.2) is 17.0 Å². The highest BCUT2D eigenvalue weighted by molar-refractivity contribution is 7.89. The number of nitrogens with two attached hydrogens (primary N) is 2. The number of aryl methyl sites for hydroxylation is 2. The molecule has 4 rings (SSSR count). The van der Waals surface area contributed by atoms with E-state index >= 15 is 0 Å². The molecule has 184 valence electrons. The highest BCUT2D eigenvalue weighted by Crippen LogP contribution is 2.26. The van der Waals surface area contributed by atoms with Crippen molar-refractivity contribution < 1.29 is 8.42 Å². The van der Waals surface area contributed by atoms with Crippen LogP contribution in [0.4, 0.5) is 17.5 Å². The van der Waals surface area contributed by atoms with Crippen LogP contribution in [0.3, 0.4) is 0 Å². The smallest absolute Gasteiger partial charge is 0.227 e. The molecule has 1 saturated carbocycles. The lowest BCUT2D eigenvalue weighted by molar-refractivity contribution is 0.410. The Morgan fingerprint density at radius 3 is 2.50 bits per heavy atom. The Morgan fingerprint density at radius 2 is 1.82 bits per heavy atom. The number of sulfonamides is 1. The summed E-state index contributed by atoms with van der Waals surface area (Å²) in [7, 11) is -3.39. The highest BCUT2D eigenvalue weighted by Gasteiger charge is 2.20. The molecule has 0 atom stereocenters. The monoisotopic (exact) mass is 486 g/mol. The van der Waals surface area contributed by atoms with Crippen LogP contribution in [0.1, 0.15) is 51.0 Å². The second-order valence-corrected chi connectivity index (χ2v) is 10.7. The number of unbranched alkanes of at least 4 members (excludes halogenated alkanes) is 1. The van der Waals surface area contributed by atoms with Crippen LogP contribution in [0.2, 0.25) is 0 Å². The zero-order chi connectivity index (χ0) is 24.1. The minimum atomic E-state index is -3.39. The molecule has 2 aromatic heterocycles. The molecule has 0 spiro atoms. The highest BCUT2D eigenvalue weighted by atomic mass is 32.2. The van der Waals surface area contributed by atoms with Crippen LogP contribution < -0.4 is 21.5 Å². The van der Waals surface area contributed by atoms with Crippen LogP contribution in [-0.4, -0.2) is 45.8 Å². The van der Waals surface area contributed by atoms with Crippen LogP contribution in [-0.2, 0) is 23.0 Å². The molecule has 2 heterocycles. The van der Waals surface area contributed by atoms with Gasteiger partial charge in [-0.25, -0.2) is 18.5 Å². The summed E-state index contributed by atoms with van der Waals surface area (Å²) in [5.41, 5.74) is 9.61. The molecule has 0 aliphatic heterocycles. The maximum Gasteiger partial charge on any atom is 0.227 e. The third kappa shape index (κ3) is 6.43. The van der Waals surface area contributed by atoms with Crippen LogP contribution in [0.15, 0.2) is 30.6 Å². The fourth-order valence-electron chi connectivity index (χ4n) is 4.30. The lowest BCUT2D eigenvalue weighted by Crippen LogP contribution is -2.33. The molecular formula is C23H34N8O2S. The van der Waals surface area contributed by atoms with Gasteiger partial charge in [-0.05, 0) is 69.6 Å². The number of nitrogens with one attached hydrogen (secondary N) is 2. The number of nitrogens with zero attached hydrogens (tertiary/aromatic N) is 4. The van der Waals surface area contributed by atoms with E-state index < -0.39 is 10.0 Å². The molecule has 1 fully saturated rings. The summed E-state index contributed by atoms with van der Waals surface area (Å²) in [5.74, 6) is 1.27. The fraction of sp³-hybridized carbons (Fsp3) is 0.522. The lowest BCUT2D eigenvalue weighted by atomic mass is 9.92. The predicted octanol–water partition coefficient (Wildman–Crippen LogP) is 2.88. The van der Waals surface area contributed by atoms with Gasteiger partial charge in [-0.2, -0.15) is 9.97 Å². The third-order valence-electron chi connectivity index (χ3n) is 6.27. The lowest BCUT2D eigenvalue weighted by Gasteiger charge is -2.26. The summed E-state index contributed by atoms with van der Waals surface area (Å²) >= 11 is 0. The van der Waals surface area contributed by atoms with Gasteiger partial charge in [0, 0.05) is 24.3 Å². The summed E-state index contributed by atoms with van der Waals surface area (Å²) in [6, 6.07) is 8.66. The van der Waals surface area contributed by atoms with Gasteiger partial charge in [0.1, 0.15) is 0 Å². The van der Waals surface area contributed by atoms with Crippen molar-refractivity contribution in [2.24, 2.45) is 10.9 Å². The number of benzene rings is 1. The van der Waals surface area contributed by atoms with Gasteiger partial charge in [0.05, 0.1) is 12.1 Å². The Balaban J connectivity index is 1.47. The largest absolute Gasteiger partial charge is 0.351 e. The molecular weight excluding hydrogens is 452 g/mol. The normalized spacial score (nSPS) is 18.8. The zero-order valence-corrected chi connectivity index (χ0v) is 20.4. The van der Waals surface area contributed by atoms with Crippen molar-refractivity contribution in [2.45, 2.75) is 70.5 Å². The van der Waals surface area contributed by atoms with Crippen molar-refractivity contribution in [3.05, 3.63) is 36.2 Å². The van der Waals surface area contributed by atoms with E-state index in [0.717, 1.165) is 67.5 Å². The first kappa shape index (κ1) is 24.4. The molecule has 3 aromatic rings. The average Bonchev–Trinajstić information content (AvgIpc) is 3.22. The minimum Gasteiger partial charge on any atom is -0.351 e. The minimum absolute atomic E-state index is 0.0186. The summed E-state index contributed by atoms with van der Waals surface area (Å²) in [6.07, 6.45) is 7.95. The van der Waals surface area contributed by atoms with Gasteiger partial charge >= 0.3 is 0 Å². The van der Waals surface area contributed by atoms with Crippen LogP contribution >= 0.6 is 0 Å². The Morgan fingerprint density at radius 1 is 1.09 bits per heavy atom. The third-order valence-corrected chi connectivity index (χ3v) is 7.13. The predicted molar refractivity (Wildman–Crippen MR) is 135 cm³/mol. The van der Waals surface area contributed by atoms with Gasteiger partial charge in [-0.15, -0.1) is 0 Å². The van der Waals surface area contributed by atoms with E-state index in [9.17, 15) is 8.42 Å². The summed E-state index contributed by atoms with van der Waals surface area (Å²) in [5, 5.41) is 12.0. The first-order valence-corrected chi connectivity index (χ1v) is 13.6. The van der Waals surface area contributed by atoms with Crippen molar-refractivity contribution in [3.8, 4) is 0 Å². The second-order valence-electron chi connectivity index (χ2n) is 9.00. The van der Waals surface area contributed by atoms with E-state index in [4.69, 9.17) is 20.8 Å². The summed E-state index contributed by atoms with van der Waals surface area (Å²) < 4.78 is 24.1. The fourth-order valence-corrected chi connectivity index (χ4v) is 4.90. The summed E-state index contributed by atoms with van der Waals surface area (Å²) in [6.45, 7) is 2.83. The van der Waals surface area contributed by atoms with Gasteiger partial charge in [0.2, 0.25) is 16.0 Å². The molecule has 1 aliphatic carbocycles. The first-order valence-electron chi connectivity index (χ1n) is 11.9. The van der Waals surface area contributed by atoms with Gasteiger partial charge in [-0.1, -0.05) is 12.1 Å². The Hall–Kier alpha value is -2.76. The molecule has 0 amide bonds. The van der Waals surface area contributed by atoms with Gasteiger partial charge < -0.3 is 20.9 Å². The van der Waals surface area contributed by atoms with Crippen molar-refractivity contribution in [1.82, 2.24) is 19.5 Å². The summed E-state index contributed by atoms with van der Waals surface area (Å²) in [4.78, 5) is 14.0. The molecule has 34 heavy (non-hydrogen) atoms. The molecule has 1 aliphatic rings. The number of imidazole rings is 1. The molecule has 0 saturated heterocycles. The van der Waals surface area contributed by atoms with E-state index in [1.165, 1.54) is 0 Å². The molecule has 6 N–H and O–H groups in total. The van der Waals surface area contributed by atoms with Crippen LogP contribution in [0, 0.1) is 0 Å². The zero-order valence-electron chi connectivity index (χ0n) is 19.6. The Bertz CT molecular complexity index is 1200. The number of primary sulfonamides is 1. The van der Waals surface area contributed by atoms with Crippen molar-refractivity contribution in [2.75, 3.05) is 16.4 Å². The number of hydrogen-bond acceptors (Lipinski definition) is 8. The maximum absolute atomic E-state index is 11.1. The number of rotatable bonds is 10. The number of aromatic nitrogens is 4. The van der Waals surface area contributed by atoms with Crippen LogP contribution in [0.5, 0.6) is 0 Å². The van der Waals surface area contributed by atoms with E-state index in [0.29, 0.717) is 24.2 Å². The topological polar surface area (TPSA) is 154 Å². The van der Waals surface area contributed by atoms with Gasteiger partial charge in [-0.3, -0.25) is 0 Å². The Kier molecular flexibility index (Phi) is 7.64. The van der Waals surface area contributed by atoms with Gasteiger partial charge in [0.25, 0.3) is 0 Å². The molecule has 0 unspecified atom stereocenters. The second kappa shape index (κ2) is 10.7. The van der Waals surface area contributed by atoms with E-state index in [1.807, 2.05) is 28.8 Å². The van der Waals surface area contributed by atoms with E-state index in [-0.39, 0.29) is 11.8 Å². The quantitative estimate of drug-likeness (QED) is 0.319. The maximum atomic E-state index is 11.1.